The molecule has 7 nitrogen and oxygen atoms in total. The number of methoxy groups -OCH3 is 1. The van der Waals surface area contributed by atoms with E-state index < -0.39 is 0 Å². The number of aromatic nitrogens is 2. The fourth-order valence-corrected chi connectivity index (χ4v) is 5.01. The van der Waals surface area contributed by atoms with Gasteiger partial charge in [0.15, 0.2) is 0 Å². The average Bonchev–Trinajstić information content (AvgIpc) is 3.28. The first-order valence-electron chi connectivity index (χ1n) is 13.2. The summed E-state index contributed by atoms with van der Waals surface area (Å²) in [6.45, 7) is 14.7. The molecule has 0 unspecified atom stereocenters. The van der Waals surface area contributed by atoms with E-state index in [0.717, 1.165) is 75.7 Å². The zero-order chi connectivity index (χ0) is 25.5. The number of aromatic hydroxyl groups is 1. The van der Waals surface area contributed by atoms with Crippen molar-refractivity contribution in [2.24, 2.45) is 0 Å². The molecule has 2 aromatic carbocycles. The van der Waals surface area contributed by atoms with Gasteiger partial charge in [-0.25, -0.2) is 4.68 Å². The molecule has 0 radical (unpaired) electrons. The van der Waals surface area contributed by atoms with Crippen LogP contribution in [0.25, 0.3) is 5.69 Å². The first-order chi connectivity index (χ1) is 17.5. The van der Waals surface area contributed by atoms with E-state index >= 15 is 0 Å². The van der Waals surface area contributed by atoms with Crippen molar-refractivity contribution >= 4 is 5.82 Å². The molecule has 0 saturated carbocycles. The van der Waals surface area contributed by atoms with Crippen LogP contribution in [0.15, 0.2) is 48.5 Å². The minimum atomic E-state index is 0.341. The van der Waals surface area contributed by atoms with Gasteiger partial charge in [0.05, 0.1) is 18.0 Å². The van der Waals surface area contributed by atoms with Crippen molar-refractivity contribution < 1.29 is 9.84 Å². The van der Waals surface area contributed by atoms with Gasteiger partial charge in [0.25, 0.3) is 0 Å². The predicted octanol–water partition coefficient (Wildman–Crippen LogP) is 4.24. The van der Waals surface area contributed by atoms with Crippen molar-refractivity contribution in [1.82, 2.24) is 19.6 Å². The highest BCUT2D eigenvalue weighted by Gasteiger charge is 2.27. The molecule has 36 heavy (non-hydrogen) atoms. The fraction of sp³-hybridized carbons (Fsp3) is 0.483. The highest BCUT2D eigenvalue weighted by atomic mass is 16.5. The molecule has 0 amide bonds. The molecule has 1 fully saturated rings. The Morgan fingerprint density at radius 3 is 2.39 bits per heavy atom. The van der Waals surface area contributed by atoms with Gasteiger partial charge in [-0.15, -0.1) is 0 Å². The first kappa shape index (κ1) is 26.2. The summed E-state index contributed by atoms with van der Waals surface area (Å²) in [4.78, 5) is 7.48. The van der Waals surface area contributed by atoms with Gasteiger partial charge in [-0.1, -0.05) is 44.2 Å². The molecule has 3 aromatic rings. The summed E-state index contributed by atoms with van der Waals surface area (Å²) in [5.74, 6) is 1.56. The molecule has 0 atom stereocenters. The van der Waals surface area contributed by atoms with Crippen molar-refractivity contribution in [3.8, 4) is 11.4 Å². The lowest BCUT2D eigenvalue weighted by molar-refractivity contribution is 0.140. The summed E-state index contributed by atoms with van der Waals surface area (Å²) >= 11 is 0. The van der Waals surface area contributed by atoms with Crippen LogP contribution in [0.4, 0.5) is 5.82 Å². The lowest BCUT2D eigenvalue weighted by Gasteiger charge is -2.36. The maximum absolute atomic E-state index is 10.00. The van der Waals surface area contributed by atoms with Crippen molar-refractivity contribution in [1.29, 1.82) is 0 Å². The molecule has 1 aromatic heterocycles. The third-order valence-electron chi connectivity index (χ3n) is 7.16. The number of phenolic OH excluding ortho intramolecular Hbond substituents is 1. The Morgan fingerprint density at radius 2 is 1.75 bits per heavy atom. The van der Waals surface area contributed by atoms with Crippen molar-refractivity contribution in [2.45, 2.75) is 40.3 Å². The molecule has 7 heteroatoms. The van der Waals surface area contributed by atoms with Gasteiger partial charge >= 0.3 is 0 Å². The Labute approximate surface area is 215 Å². The molecule has 0 bridgehead atoms. The second-order valence-corrected chi connectivity index (χ2v) is 9.60. The van der Waals surface area contributed by atoms with Crippen molar-refractivity contribution in [2.75, 3.05) is 57.9 Å². The van der Waals surface area contributed by atoms with Gasteiger partial charge in [0.1, 0.15) is 11.6 Å². The third-order valence-corrected chi connectivity index (χ3v) is 7.16. The number of nitrogens with zero attached hydrogens (tertiary/aromatic N) is 5. The topological polar surface area (TPSA) is 57.0 Å². The van der Waals surface area contributed by atoms with E-state index in [4.69, 9.17) is 9.84 Å². The van der Waals surface area contributed by atoms with Crippen LogP contribution in [0.2, 0.25) is 0 Å². The normalized spacial score (nSPS) is 14.6. The Kier molecular flexibility index (Phi) is 9.02. The SMILES string of the molecule is CCc1nn(-c2ccccc2)c(N2CCN(CC)CC2)c1CN(CCOC)Cc1ccc(O)c(C)c1. The summed E-state index contributed by atoms with van der Waals surface area (Å²) in [5, 5.41) is 15.1. The molecule has 2 heterocycles. The zero-order valence-electron chi connectivity index (χ0n) is 22.3. The van der Waals surface area contributed by atoms with Crippen LogP contribution >= 0.6 is 0 Å². The number of rotatable bonds is 11. The number of ether oxygens (including phenoxy) is 1. The Morgan fingerprint density at radius 1 is 1.00 bits per heavy atom. The number of aryl methyl sites for hydroxylation is 2. The van der Waals surface area contributed by atoms with E-state index in [1.54, 1.807) is 13.2 Å². The van der Waals surface area contributed by atoms with E-state index in [2.05, 4.69) is 69.6 Å². The van der Waals surface area contributed by atoms with Crippen LogP contribution in [0.3, 0.4) is 0 Å². The largest absolute Gasteiger partial charge is 0.508 e. The summed E-state index contributed by atoms with van der Waals surface area (Å²) in [6, 6.07) is 16.4. The van der Waals surface area contributed by atoms with Crippen LogP contribution in [0, 0.1) is 6.92 Å². The number of phenols is 1. The van der Waals surface area contributed by atoms with Crippen LogP contribution in [-0.2, 0) is 24.2 Å². The standard InChI is InChI=1S/C29H41N5O2/c1-5-27-26(22-32(18-19-36-4)21-24-12-13-28(35)23(3)20-24)29(33-16-14-31(6-2)15-17-33)34(30-27)25-10-8-7-9-11-25/h7-13,20,35H,5-6,14-19,21-22H2,1-4H3. The van der Waals surface area contributed by atoms with Crippen molar-refractivity contribution in [3.05, 3.63) is 70.9 Å². The summed E-state index contributed by atoms with van der Waals surface area (Å²) < 4.78 is 7.64. The Balaban J connectivity index is 1.71. The smallest absolute Gasteiger partial charge is 0.137 e. The molecule has 4 rings (SSSR count). The molecule has 0 aliphatic carbocycles. The lowest BCUT2D eigenvalue weighted by Crippen LogP contribution is -2.47. The number of anilines is 1. The maximum Gasteiger partial charge on any atom is 0.137 e. The van der Waals surface area contributed by atoms with Gasteiger partial charge < -0.3 is 19.6 Å². The maximum atomic E-state index is 10.00. The number of likely N-dealkylation sites (N-methyl/N-ethyl adjacent to an activating group) is 1. The second kappa shape index (κ2) is 12.4. The summed E-state index contributed by atoms with van der Waals surface area (Å²) in [6.07, 6.45) is 0.882. The summed E-state index contributed by atoms with van der Waals surface area (Å²) in [7, 11) is 1.76. The van der Waals surface area contributed by atoms with Gasteiger partial charge in [0, 0.05) is 58.5 Å². The monoisotopic (exact) mass is 491 g/mol. The molecule has 1 N–H and O–H groups in total. The Hall–Kier alpha value is -2.87. The average molecular weight is 492 g/mol. The lowest BCUT2D eigenvalue weighted by atomic mass is 10.1. The molecule has 1 aliphatic rings. The fourth-order valence-electron chi connectivity index (χ4n) is 5.01. The van der Waals surface area contributed by atoms with Gasteiger partial charge in [0.2, 0.25) is 0 Å². The minimum absolute atomic E-state index is 0.341. The number of benzene rings is 2. The molecular weight excluding hydrogens is 450 g/mol. The highest BCUT2D eigenvalue weighted by molar-refractivity contribution is 5.56. The molecule has 1 aliphatic heterocycles. The van der Waals surface area contributed by atoms with E-state index in [-0.39, 0.29) is 0 Å². The van der Waals surface area contributed by atoms with Crippen molar-refractivity contribution in [3.63, 3.8) is 0 Å². The highest BCUT2D eigenvalue weighted by Crippen LogP contribution is 2.31. The zero-order valence-corrected chi connectivity index (χ0v) is 22.3. The van der Waals surface area contributed by atoms with Crippen LogP contribution in [0.1, 0.15) is 36.2 Å². The number of hydrogen-bond donors (Lipinski definition) is 1. The second-order valence-electron chi connectivity index (χ2n) is 9.60. The van der Waals surface area contributed by atoms with Gasteiger partial charge in [-0.3, -0.25) is 4.90 Å². The first-order valence-corrected chi connectivity index (χ1v) is 13.2. The van der Waals surface area contributed by atoms with Gasteiger partial charge in [-0.2, -0.15) is 5.10 Å². The predicted molar refractivity (Wildman–Crippen MR) is 146 cm³/mol. The number of piperazine rings is 1. The quantitative estimate of drug-likeness (QED) is 0.433. The number of para-hydroxylation sites is 1. The van der Waals surface area contributed by atoms with Crippen LogP contribution < -0.4 is 4.90 Å². The van der Waals surface area contributed by atoms with E-state index in [1.807, 2.05) is 13.0 Å². The van der Waals surface area contributed by atoms with E-state index in [0.29, 0.717) is 12.4 Å². The Bertz CT molecular complexity index is 1110. The summed E-state index contributed by atoms with van der Waals surface area (Å²) in [5.41, 5.74) is 5.64. The van der Waals surface area contributed by atoms with Gasteiger partial charge in [-0.05, 0) is 49.2 Å². The third kappa shape index (κ3) is 6.09. The molecular formula is C29H41N5O2. The molecule has 0 spiro atoms. The minimum Gasteiger partial charge on any atom is -0.508 e. The molecule has 194 valence electrons. The van der Waals surface area contributed by atoms with Crippen LogP contribution in [0.5, 0.6) is 5.75 Å². The molecule has 1 saturated heterocycles. The van der Waals surface area contributed by atoms with E-state index in [9.17, 15) is 5.11 Å². The number of hydrogen-bond acceptors (Lipinski definition) is 6. The van der Waals surface area contributed by atoms with E-state index in [1.165, 1.54) is 16.9 Å². The van der Waals surface area contributed by atoms with Crippen LogP contribution in [-0.4, -0.2) is 77.7 Å².